The first-order valence-electron chi connectivity index (χ1n) is 22.2. The molecule has 1 fully saturated rings. The molecule has 20 heteroatoms. The van der Waals surface area contributed by atoms with Crippen LogP contribution in [0.15, 0.2) is 77.3 Å². The number of benzene rings is 3. The predicted octanol–water partition coefficient (Wildman–Crippen LogP) is 6.59. The molecule has 17 nitrogen and oxygen atoms in total. The van der Waals surface area contributed by atoms with Crippen molar-refractivity contribution in [3.63, 3.8) is 0 Å². The number of aromatic nitrogens is 5. The number of fused-ring (bicyclic) bond motifs is 1. The van der Waals surface area contributed by atoms with Gasteiger partial charge in [-0.3, -0.25) is 19.5 Å². The van der Waals surface area contributed by atoms with Crippen molar-refractivity contribution >= 4 is 61.3 Å². The van der Waals surface area contributed by atoms with E-state index in [1.54, 1.807) is 63.2 Å². The Morgan fingerprint density at radius 3 is 2.37 bits per heavy atom. The topological polar surface area (TPSA) is 220 Å². The number of anilines is 2. The largest absolute Gasteiger partial charge is 0.491 e. The highest BCUT2D eigenvalue weighted by Gasteiger charge is 2.38. The van der Waals surface area contributed by atoms with Crippen molar-refractivity contribution in [1.29, 1.82) is 0 Å². The van der Waals surface area contributed by atoms with Crippen LogP contribution in [0, 0.1) is 19.7 Å². The van der Waals surface area contributed by atoms with E-state index in [4.69, 9.17) is 14.2 Å². The van der Waals surface area contributed by atoms with Gasteiger partial charge in [-0.1, -0.05) is 12.1 Å². The molecule has 0 radical (unpaired) electrons. The van der Waals surface area contributed by atoms with E-state index in [0.29, 0.717) is 51.8 Å². The van der Waals surface area contributed by atoms with Crippen molar-refractivity contribution in [3.05, 3.63) is 111 Å². The van der Waals surface area contributed by atoms with Gasteiger partial charge < -0.3 is 35.1 Å². The number of hydrogen-bond acceptors (Lipinski definition) is 15. The number of sulfone groups is 1. The number of nitrogens with zero attached hydrogens (tertiary/aromatic N) is 5. The average Bonchev–Trinajstić information content (AvgIpc) is 4.09. The Kier molecular flexibility index (Phi) is 15.5. The van der Waals surface area contributed by atoms with Crippen molar-refractivity contribution in [1.82, 2.24) is 40.7 Å². The van der Waals surface area contributed by atoms with Gasteiger partial charge in [-0.15, -0.1) is 11.3 Å². The highest BCUT2D eigenvalue weighted by Crippen LogP contribution is 2.38. The molecule has 3 atom stereocenters. The summed E-state index contributed by atoms with van der Waals surface area (Å²) in [7, 11) is -2.21. The number of nitrogens with one attached hydrogen (secondary N) is 4. The standard InChI is InChI=1S/C48H56FN9O8S2/c1-28-29(2)56-57-43(28)55-44-35-24-41(68(62,63)48(4,5)6)40(25-36(35)51-27-52-44)66-22-20-64-19-21-65-34-16-10-31(11-17-34)23-37(53-45(60)30(3)50-7)47(61)58-18-8-9-39(58)46-54-38(26-67-46)42(59)32-12-14-33(49)15-13-32/h10-17,24-27,30,37,39,50H,8-9,18-23H2,1-7H3,(H,53,60)(H2,51,52,55,56,57)/t30-,37-,39-/m0/s1. The van der Waals surface area contributed by atoms with Gasteiger partial charge in [0.1, 0.15) is 64.3 Å². The van der Waals surface area contributed by atoms with E-state index >= 15 is 0 Å². The number of rotatable bonds is 20. The Morgan fingerprint density at radius 1 is 0.971 bits per heavy atom. The van der Waals surface area contributed by atoms with Gasteiger partial charge in [-0.25, -0.2) is 27.8 Å². The first kappa shape index (κ1) is 49.6. The molecule has 2 amide bonds. The lowest BCUT2D eigenvalue weighted by Gasteiger charge is -2.29. The number of ether oxygens (including phenoxy) is 3. The summed E-state index contributed by atoms with van der Waals surface area (Å²) in [4.78, 5) is 55.6. The minimum absolute atomic E-state index is 0.00622. The molecule has 0 unspecified atom stereocenters. The molecule has 68 heavy (non-hydrogen) atoms. The highest BCUT2D eigenvalue weighted by atomic mass is 32.2. The van der Waals surface area contributed by atoms with E-state index in [1.807, 2.05) is 26.0 Å². The molecule has 1 saturated heterocycles. The Hall–Kier alpha value is -6.35. The number of ketones is 1. The highest BCUT2D eigenvalue weighted by molar-refractivity contribution is 7.92. The van der Waals surface area contributed by atoms with E-state index in [0.717, 1.165) is 23.2 Å². The Balaban J connectivity index is 0.941. The van der Waals surface area contributed by atoms with Gasteiger partial charge in [0.15, 0.2) is 15.7 Å². The molecule has 0 aliphatic carbocycles. The van der Waals surface area contributed by atoms with Crippen molar-refractivity contribution in [2.45, 2.75) is 88.6 Å². The number of amides is 2. The Bertz CT molecular complexity index is 2870. The number of carbonyl (C=O) groups excluding carboxylic acids is 3. The number of aromatic amines is 1. The van der Waals surface area contributed by atoms with Gasteiger partial charge in [0.2, 0.25) is 17.6 Å². The summed E-state index contributed by atoms with van der Waals surface area (Å²) >= 11 is 1.29. The number of carbonyl (C=O) groups is 3. The molecule has 1 aliphatic heterocycles. The zero-order valence-corrected chi connectivity index (χ0v) is 40.6. The quantitative estimate of drug-likeness (QED) is 0.0469. The van der Waals surface area contributed by atoms with Gasteiger partial charge >= 0.3 is 0 Å². The molecule has 3 aromatic carbocycles. The van der Waals surface area contributed by atoms with Crippen molar-refractivity contribution in [2.75, 3.05) is 45.3 Å². The Morgan fingerprint density at radius 2 is 1.69 bits per heavy atom. The molecule has 6 aromatic rings. The third-order valence-electron chi connectivity index (χ3n) is 11.8. The number of hydrogen-bond donors (Lipinski definition) is 4. The summed E-state index contributed by atoms with van der Waals surface area (Å²) in [6, 6.07) is 13.9. The van der Waals surface area contributed by atoms with E-state index in [1.165, 1.54) is 48.0 Å². The minimum atomic E-state index is -3.88. The molecule has 4 N–H and O–H groups in total. The van der Waals surface area contributed by atoms with E-state index < -0.39 is 32.5 Å². The fourth-order valence-corrected chi connectivity index (χ4v) is 9.69. The second kappa shape index (κ2) is 21.3. The molecule has 4 heterocycles. The molecule has 0 saturated carbocycles. The first-order chi connectivity index (χ1) is 32.4. The summed E-state index contributed by atoms with van der Waals surface area (Å²) in [5.41, 5.74) is 3.61. The van der Waals surface area contributed by atoms with Crippen LogP contribution in [0.4, 0.5) is 16.0 Å². The van der Waals surface area contributed by atoms with E-state index in [2.05, 4.69) is 41.1 Å². The number of likely N-dealkylation sites (tertiary alicyclic amines) is 1. The van der Waals surface area contributed by atoms with Crippen LogP contribution in [0.1, 0.15) is 84.5 Å². The maximum atomic E-state index is 14.3. The molecule has 1 aliphatic rings. The fourth-order valence-electron chi connectivity index (χ4n) is 7.43. The molecule has 0 spiro atoms. The number of thiazole rings is 1. The van der Waals surface area contributed by atoms with Gasteiger partial charge in [0, 0.05) is 46.6 Å². The van der Waals surface area contributed by atoms with Crippen LogP contribution in [0.25, 0.3) is 10.9 Å². The average molecular weight is 970 g/mol. The zero-order valence-electron chi connectivity index (χ0n) is 39.0. The SMILES string of the molecule is CN[C@@H](C)C(=O)N[C@@H](Cc1ccc(OCCOCCOc2cc3ncnc(Nc4n[nH]c(C)c4C)c3cc2S(=O)(=O)C(C)(C)C)cc1)C(=O)N1CCC[C@H]1c1nc(C(=O)c2ccc(F)cc2)cs1. The number of H-pyrrole nitrogens is 1. The lowest BCUT2D eigenvalue weighted by Crippen LogP contribution is -2.53. The lowest BCUT2D eigenvalue weighted by atomic mass is 10.0. The van der Waals surface area contributed by atoms with E-state index in [-0.39, 0.29) is 72.8 Å². The molecule has 7 rings (SSSR count). The molecular formula is C48H56FN9O8S2. The summed E-state index contributed by atoms with van der Waals surface area (Å²) in [5, 5.41) is 19.1. The first-order valence-corrected chi connectivity index (χ1v) is 24.6. The summed E-state index contributed by atoms with van der Waals surface area (Å²) in [6.07, 6.45) is 2.97. The minimum Gasteiger partial charge on any atom is -0.491 e. The van der Waals surface area contributed by atoms with Crippen LogP contribution >= 0.6 is 11.3 Å². The van der Waals surface area contributed by atoms with Crippen LogP contribution in [-0.2, 0) is 30.6 Å². The number of likely N-dealkylation sites (N-methyl/N-ethyl adjacent to an activating group) is 1. The van der Waals surface area contributed by atoms with Gasteiger partial charge in [-0.05, 0) is 109 Å². The van der Waals surface area contributed by atoms with Gasteiger partial charge in [0.05, 0.1) is 35.6 Å². The third kappa shape index (κ3) is 11.3. The number of aryl methyl sites for hydroxylation is 1. The number of halogens is 1. The normalized spacial score (nSPS) is 15.0. The zero-order chi connectivity index (χ0) is 48.8. The molecular weight excluding hydrogens is 914 g/mol. The maximum Gasteiger partial charge on any atom is 0.246 e. The van der Waals surface area contributed by atoms with Gasteiger partial charge in [0.25, 0.3) is 0 Å². The monoisotopic (exact) mass is 969 g/mol. The maximum absolute atomic E-state index is 14.3. The van der Waals surface area contributed by atoms with Crippen molar-refractivity contribution < 1.29 is 41.4 Å². The van der Waals surface area contributed by atoms with Crippen LogP contribution in [-0.4, -0.2) is 113 Å². The second-order valence-corrected chi connectivity index (χ2v) is 21.0. The van der Waals surface area contributed by atoms with Gasteiger partial charge in [-0.2, -0.15) is 5.10 Å². The molecule has 0 bridgehead atoms. The van der Waals surface area contributed by atoms with Crippen LogP contribution in [0.5, 0.6) is 11.5 Å². The summed E-state index contributed by atoms with van der Waals surface area (Å²) < 4.78 is 57.8. The molecule has 3 aromatic heterocycles. The third-order valence-corrected chi connectivity index (χ3v) is 15.2. The van der Waals surface area contributed by atoms with Crippen molar-refractivity contribution in [3.8, 4) is 11.5 Å². The van der Waals surface area contributed by atoms with Crippen LogP contribution in [0.3, 0.4) is 0 Å². The lowest BCUT2D eigenvalue weighted by molar-refractivity contribution is -0.137. The smallest absolute Gasteiger partial charge is 0.246 e. The predicted molar refractivity (Wildman–Crippen MR) is 256 cm³/mol. The van der Waals surface area contributed by atoms with E-state index in [9.17, 15) is 27.2 Å². The van der Waals surface area contributed by atoms with Crippen LogP contribution in [0.2, 0.25) is 0 Å². The van der Waals surface area contributed by atoms with Crippen molar-refractivity contribution in [2.24, 2.45) is 0 Å². The summed E-state index contributed by atoms with van der Waals surface area (Å²) in [5.74, 6) is 0.330. The Labute approximate surface area is 398 Å². The fraction of sp³-hybridized carbons (Fsp3) is 0.396. The van der Waals surface area contributed by atoms with Crippen LogP contribution < -0.4 is 25.4 Å². The summed E-state index contributed by atoms with van der Waals surface area (Å²) in [6.45, 7) is 11.5. The molecule has 360 valence electrons. The second-order valence-electron chi connectivity index (χ2n) is 17.4.